The largest absolute Gasteiger partial charge is 0.484 e. The average molecular weight is 362 g/mol. The maximum absolute atomic E-state index is 9.56. The molecule has 140 valence electrons. The van der Waals surface area contributed by atoms with Crippen LogP contribution in [0.15, 0.2) is 54.2 Å². The van der Waals surface area contributed by atoms with Crippen LogP contribution in [0.5, 0.6) is 5.75 Å². The molecule has 4 heterocycles. The molecule has 0 aliphatic carbocycles. The minimum Gasteiger partial charge on any atom is -0.484 e. The van der Waals surface area contributed by atoms with Gasteiger partial charge in [0.25, 0.3) is 0 Å². The number of rotatable bonds is 4. The number of fused-ring (bicyclic) bond motifs is 6. The summed E-state index contributed by atoms with van der Waals surface area (Å²) in [6.45, 7) is 5.16. The van der Waals surface area contributed by atoms with E-state index in [1.165, 1.54) is 29.3 Å². The number of para-hydroxylation sites is 1. The molecule has 1 atom stereocenters. The predicted molar refractivity (Wildman–Crippen MR) is 109 cm³/mol. The summed E-state index contributed by atoms with van der Waals surface area (Å²) in [5, 5.41) is 12.0. The molecule has 27 heavy (non-hydrogen) atoms. The van der Waals surface area contributed by atoms with Crippen molar-refractivity contribution in [2.75, 3.05) is 19.7 Å². The van der Waals surface area contributed by atoms with Crippen molar-refractivity contribution in [3.63, 3.8) is 0 Å². The van der Waals surface area contributed by atoms with Crippen LogP contribution >= 0.6 is 0 Å². The second kappa shape index (κ2) is 6.61. The number of hydrogen-bond acceptors (Lipinski definition) is 3. The number of aliphatic hydroxyl groups is 1. The van der Waals surface area contributed by atoms with E-state index in [1.807, 2.05) is 0 Å². The molecule has 3 aliphatic heterocycles. The van der Waals surface area contributed by atoms with Gasteiger partial charge in [-0.15, -0.1) is 0 Å². The van der Waals surface area contributed by atoms with Crippen molar-refractivity contribution in [2.45, 2.75) is 32.4 Å². The predicted octanol–water partition coefficient (Wildman–Crippen LogP) is 4.16. The average Bonchev–Trinajstić information content (AvgIpc) is 3.03. The van der Waals surface area contributed by atoms with Crippen LogP contribution in [-0.2, 0) is 6.54 Å². The Balaban J connectivity index is 1.56. The fourth-order valence-electron chi connectivity index (χ4n) is 4.98. The van der Waals surface area contributed by atoms with Gasteiger partial charge in [-0.2, -0.15) is 0 Å². The van der Waals surface area contributed by atoms with Crippen LogP contribution in [0.3, 0.4) is 0 Å². The Morgan fingerprint density at radius 2 is 1.85 bits per heavy atom. The first-order valence-corrected chi connectivity index (χ1v) is 10.00. The van der Waals surface area contributed by atoms with E-state index in [9.17, 15) is 5.11 Å². The fraction of sp³-hybridized carbons (Fsp3) is 0.391. The standard InChI is InChI=1S/C23H26N2O2/c1-2-20-23(16-9-11-24(20)12-10-16)27-17-7-8-19-18-5-3-4-6-21(18)25(13-14-26)22(19)15-17/h2-8,15-16,23,26H,9-14H2,1H3. The van der Waals surface area contributed by atoms with Gasteiger partial charge in [0.15, 0.2) is 0 Å². The zero-order valence-electron chi connectivity index (χ0n) is 15.8. The van der Waals surface area contributed by atoms with Crippen molar-refractivity contribution in [3.05, 3.63) is 54.2 Å². The molecule has 3 saturated heterocycles. The third-order valence-corrected chi connectivity index (χ3v) is 6.25. The normalized spacial score (nSPS) is 23.6. The summed E-state index contributed by atoms with van der Waals surface area (Å²) in [5.74, 6) is 1.53. The Bertz CT molecular complexity index is 1010. The molecule has 1 unspecified atom stereocenters. The SMILES string of the molecule is CC=C1C(Oc2ccc3c4ccccc4n(CCO)c3c2)C2CCN1CC2. The van der Waals surface area contributed by atoms with Crippen molar-refractivity contribution in [1.29, 1.82) is 0 Å². The number of piperidine rings is 3. The highest BCUT2D eigenvalue weighted by Gasteiger charge is 2.39. The highest BCUT2D eigenvalue weighted by Crippen LogP contribution is 2.38. The summed E-state index contributed by atoms with van der Waals surface area (Å²) in [4.78, 5) is 2.48. The zero-order valence-corrected chi connectivity index (χ0v) is 15.8. The highest BCUT2D eigenvalue weighted by atomic mass is 16.5. The molecule has 6 rings (SSSR count). The van der Waals surface area contributed by atoms with Gasteiger partial charge >= 0.3 is 0 Å². The van der Waals surface area contributed by atoms with E-state index >= 15 is 0 Å². The first-order chi connectivity index (χ1) is 13.3. The van der Waals surface area contributed by atoms with Gasteiger partial charge in [0, 0.05) is 47.9 Å². The third-order valence-electron chi connectivity index (χ3n) is 6.25. The van der Waals surface area contributed by atoms with E-state index in [0.29, 0.717) is 12.5 Å². The second-order valence-corrected chi connectivity index (χ2v) is 7.65. The molecule has 3 aliphatic rings. The summed E-state index contributed by atoms with van der Waals surface area (Å²) in [6, 6.07) is 14.8. The van der Waals surface area contributed by atoms with Crippen molar-refractivity contribution in [1.82, 2.24) is 9.47 Å². The maximum Gasteiger partial charge on any atom is 0.141 e. The van der Waals surface area contributed by atoms with Crippen LogP contribution in [0.25, 0.3) is 21.8 Å². The van der Waals surface area contributed by atoms with Gasteiger partial charge in [-0.3, -0.25) is 0 Å². The van der Waals surface area contributed by atoms with Crippen molar-refractivity contribution in [3.8, 4) is 5.75 Å². The minimum absolute atomic E-state index is 0.126. The lowest BCUT2D eigenvalue weighted by molar-refractivity contribution is 0.0352. The minimum atomic E-state index is 0.126. The van der Waals surface area contributed by atoms with Gasteiger partial charge in [0.1, 0.15) is 11.9 Å². The van der Waals surface area contributed by atoms with Crippen molar-refractivity contribution >= 4 is 21.8 Å². The first-order valence-electron chi connectivity index (χ1n) is 10.00. The lowest BCUT2D eigenvalue weighted by Crippen LogP contribution is -2.50. The number of benzene rings is 2. The number of allylic oxidation sites excluding steroid dienone is 1. The quantitative estimate of drug-likeness (QED) is 0.757. The van der Waals surface area contributed by atoms with Crippen LogP contribution in [0.1, 0.15) is 19.8 Å². The number of hydrogen-bond donors (Lipinski definition) is 1. The monoisotopic (exact) mass is 362 g/mol. The molecule has 4 nitrogen and oxygen atoms in total. The molecule has 4 heteroatoms. The number of nitrogens with zero attached hydrogens (tertiary/aromatic N) is 2. The van der Waals surface area contributed by atoms with Gasteiger partial charge in [-0.05, 0) is 38.0 Å². The van der Waals surface area contributed by atoms with Gasteiger partial charge in [-0.1, -0.05) is 24.3 Å². The summed E-state index contributed by atoms with van der Waals surface area (Å²) in [5.41, 5.74) is 3.63. The highest BCUT2D eigenvalue weighted by molar-refractivity contribution is 6.08. The van der Waals surface area contributed by atoms with E-state index in [0.717, 1.165) is 29.9 Å². The molecular formula is C23H26N2O2. The molecule has 0 saturated carbocycles. The Labute approximate surface area is 159 Å². The van der Waals surface area contributed by atoms with E-state index < -0.39 is 0 Å². The Morgan fingerprint density at radius 1 is 1.07 bits per heavy atom. The summed E-state index contributed by atoms with van der Waals surface area (Å²) in [7, 11) is 0. The maximum atomic E-state index is 9.56. The lowest BCUT2D eigenvalue weighted by Gasteiger charge is -2.47. The van der Waals surface area contributed by atoms with Gasteiger partial charge in [0.05, 0.1) is 17.8 Å². The van der Waals surface area contributed by atoms with Gasteiger partial charge in [-0.25, -0.2) is 0 Å². The van der Waals surface area contributed by atoms with Crippen LogP contribution < -0.4 is 4.74 Å². The van der Waals surface area contributed by atoms with Crippen LogP contribution in [-0.4, -0.2) is 40.4 Å². The molecule has 2 aromatic carbocycles. The number of aliphatic hydroxyl groups excluding tert-OH is 1. The Hall–Kier alpha value is -2.46. The number of ether oxygens (including phenoxy) is 1. The first kappa shape index (κ1) is 16.7. The molecule has 0 amide bonds. The molecule has 1 aromatic heterocycles. The fourth-order valence-corrected chi connectivity index (χ4v) is 4.98. The Kier molecular flexibility index (Phi) is 4.09. The molecule has 2 bridgehead atoms. The topological polar surface area (TPSA) is 37.6 Å². The van der Waals surface area contributed by atoms with Crippen molar-refractivity contribution in [2.24, 2.45) is 5.92 Å². The summed E-state index contributed by atoms with van der Waals surface area (Å²) >= 11 is 0. The second-order valence-electron chi connectivity index (χ2n) is 7.65. The van der Waals surface area contributed by atoms with Gasteiger partial charge < -0.3 is 19.3 Å². The molecular weight excluding hydrogens is 336 g/mol. The van der Waals surface area contributed by atoms with Crippen LogP contribution in [0, 0.1) is 5.92 Å². The molecule has 0 spiro atoms. The Morgan fingerprint density at radius 3 is 2.63 bits per heavy atom. The molecule has 0 radical (unpaired) electrons. The van der Waals surface area contributed by atoms with Crippen LogP contribution in [0.4, 0.5) is 0 Å². The van der Waals surface area contributed by atoms with Crippen molar-refractivity contribution < 1.29 is 9.84 Å². The number of aromatic nitrogens is 1. The van der Waals surface area contributed by atoms with E-state index in [4.69, 9.17) is 4.74 Å². The van der Waals surface area contributed by atoms with E-state index in [2.05, 4.69) is 64.9 Å². The van der Waals surface area contributed by atoms with E-state index in [-0.39, 0.29) is 12.7 Å². The van der Waals surface area contributed by atoms with Gasteiger partial charge in [0.2, 0.25) is 0 Å². The summed E-state index contributed by atoms with van der Waals surface area (Å²) in [6.07, 6.45) is 4.81. The molecule has 3 fully saturated rings. The molecule has 3 aromatic rings. The lowest BCUT2D eigenvalue weighted by atomic mass is 9.83. The summed E-state index contributed by atoms with van der Waals surface area (Å²) < 4.78 is 8.74. The van der Waals surface area contributed by atoms with Crippen LogP contribution in [0.2, 0.25) is 0 Å². The smallest absolute Gasteiger partial charge is 0.141 e. The third kappa shape index (κ3) is 2.62. The molecule has 1 N–H and O–H groups in total. The zero-order chi connectivity index (χ0) is 18.4. The van der Waals surface area contributed by atoms with E-state index in [1.54, 1.807) is 0 Å².